The summed E-state index contributed by atoms with van der Waals surface area (Å²) in [6.07, 6.45) is 0. The Bertz CT molecular complexity index is 1240. The van der Waals surface area contributed by atoms with E-state index in [-0.39, 0.29) is 5.56 Å². The highest BCUT2D eigenvalue weighted by Gasteiger charge is 2.19. The lowest BCUT2D eigenvalue weighted by atomic mass is 10.2. The standard InChI is InChI=1S/C25H26N4O2S/c1-31-20-9-7-19(8-10-20)22-15-21-24(32-22)25(30)27-23(26-21)17-29-13-11-28(12-14-29)16-18-5-3-2-4-6-18/h2-10,15H,11-14,16-17H2,1H3,(H,26,27,30). The molecule has 0 aliphatic carbocycles. The molecule has 1 aliphatic heterocycles. The average molecular weight is 447 g/mol. The lowest BCUT2D eigenvalue weighted by molar-refractivity contribution is 0.120. The molecule has 3 heterocycles. The van der Waals surface area contributed by atoms with Crippen molar-refractivity contribution >= 4 is 21.6 Å². The van der Waals surface area contributed by atoms with Crippen LogP contribution in [-0.2, 0) is 13.1 Å². The van der Waals surface area contributed by atoms with Crippen LogP contribution >= 0.6 is 11.3 Å². The number of ether oxygens (including phenoxy) is 1. The summed E-state index contributed by atoms with van der Waals surface area (Å²) in [6, 6.07) is 20.5. The van der Waals surface area contributed by atoms with E-state index in [1.165, 1.54) is 16.9 Å². The highest BCUT2D eigenvalue weighted by molar-refractivity contribution is 7.22. The highest BCUT2D eigenvalue weighted by atomic mass is 32.1. The van der Waals surface area contributed by atoms with Crippen molar-refractivity contribution in [3.63, 3.8) is 0 Å². The number of methoxy groups -OCH3 is 1. The van der Waals surface area contributed by atoms with Crippen molar-refractivity contribution in [2.24, 2.45) is 0 Å². The van der Waals surface area contributed by atoms with E-state index >= 15 is 0 Å². The molecule has 5 rings (SSSR count). The van der Waals surface area contributed by atoms with E-state index in [1.54, 1.807) is 7.11 Å². The monoisotopic (exact) mass is 446 g/mol. The van der Waals surface area contributed by atoms with Crippen LogP contribution in [0.5, 0.6) is 5.75 Å². The maximum absolute atomic E-state index is 12.7. The Labute approximate surface area is 191 Å². The van der Waals surface area contributed by atoms with Gasteiger partial charge < -0.3 is 9.72 Å². The van der Waals surface area contributed by atoms with E-state index in [0.29, 0.717) is 11.2 Å². The Morgan fingerprint density at radius 1 is 0.969 bits per heavy atom. The van der Waals surface area contributed by atoms with Gasteiger partial charge in [0.25, 0.3) is 5.56 Å². The Morgan fingerprint density at radius 3 is 2.34 bits per heavy atom. The molecular formula is C25H26N4O2S. The van der Waals surface area contributed by atoms with Crippen LogP contribution < -0.4 is 10.3 Å². The van der Waals surface area contributed by atoms with E-state index in [1.807, 2.05) is 30.3 Å². The quantitative estimate of drug-likeness (QED) is 0.486. The fourth-order valence-electron chi connectivity index (χ4n) is 4.12. The van der Waals surface area contributed by atoms with Crippen molar-refractivity contribution in [3.05, 3.63) is 82.4 Å². The van der Waals surface area contributed by atoms with Crippen LogP contribution in [0.25, 0.3) is 20.7 Å². The molecule has 0 radical (unpaired) electrons. The molecule has 0 spiro atoms. The van der Waals surface area contributed by atoms with Gasteiger partial charge in [0.05, 0.1) is 19.2 Å². The van der Waals surface area contributed by atoms with Gasteiger partial charge in [0.1, 0.15) is 16.3 Å². The summed E-state index contributed by atoms with van der Waals surface area (Å²) in [4.78, 5) is 26.4. The molecule has 164 valence electrons. The van der Waals surface area contributed by atoms with Gasteiger partial charge >= 0.3 is 0 Å². The van der Waals surface area contributed by atoms with Gasteiger partial charge in [-0.05, 0) is 41.5 Å². The second-order valence-electron chi connectivity index (χ2n) is 8.10. The molecular weight excluding hydrogens is 420 g/mol. The molecule has 2 aromatic heterocycles. The maximum Gasteiger partial charge on any atom is 0.268 e. The zero-order valence-corrected chi connectivity index (χ0v) is 18.9. The zero-order chi connectivity index (χ0) is 21.9. The Kier molecular flexibility index (Phi) is 6.03. The first-order valence-corrected chi connectivity index (χ1v) is 11.7. The topological polar surface area (TPSA) is 61.5 Å². The fraction of sp³-hybridized carbons (Fsp3) is 0.280. The van der Waals surface area contributed by atoms with E-state index in [9.17, 15) is 4.79 Å². The number of piperazine rings is 1. The van der Waals surface area contributed by atoms with E-state index in [4.69, 9.17) is 9.72 Å². The highest BCUT2D eigenvalue weighted by Crippen LogP contribution is 2.31. The minimum Gasteiger partial charge on any atom is -0.497 e. The molecule has 1 fully saturated rings. The molecule has 0 saturated carbocycles. The van der Waals surface area contributed by atoms with Crippen LogP contribution in [0.2, 0.25) is 0 Å². The number of aromatic nitrogens is 2. The minimum absolute atomic E-state index is 0.0579. The van der Waals surface area contributed by atoms with Crippen molar-refractivity contribution in [1.29, 1.82) is 0 Å². The normalized spacial score (nSPS) is 15.3. The number of nitrogens with zero attached hydrogens (tertiary/aromatic N) is 3. The van der Waals surface area contributed by atoms with Gasteiger partial charge in [0.2, 0.25) is 0 Å². The smallest absolute Gasteiger partial charge is 0.268 e. The SMILES string of the molecule is COc1ccc(-c2cc3nc(CN4CCN(Cc5ccccc5)CC4)[nH]c(=O)c3s2)cc1. The van der Waals surface area contributed by atoms with E-state index in [2.05, 4.69) is 45.1 Å². The Morgan fingerprint density at radius 2 is 1.66 bits per heavy atom. The summed E-state index contributed by atoms with van der Waals surface area (Å²) in [7, 11) is 1.66. The third-order valence-electron chi connectivity index (χ3n) is 5.89. The number of benzene rings is 2. The van der Waals surface area contributed by atoms with Crippen molar-refractivity contribution in [2.45, 2.75) is 13.1 Å². The Balaban J connectivity index is 1.26. The van der Waals surface area contributed by atoms with Gasteiger partial charge in [-0.15, -0.1) is 11.3 Å². The predicted molar refractivity (Wildman–Crippen MR) is 129 cm³/mol. The summed E-state index contributed by atoms with van der Waals surface area (Å²) >= 11 is 1.48. The van der Waals surface area contributed by atoms with Gasteiger partial charge in [0, 0.05) is 37.6 Å². The number of hydrogen-bond donors (Lipinski definition) is 1. The molecule has 1 N–H and O–H groups in total. The molecule has 0 atom stereocenters. The number of nitrogens with one attached hydrogen (secondary N) is 1. The van der Waals surface area contributed by atoms with E-state index < -0.39 is 0 Å². The summed E-state index contributed by atoms with van der Waals surface area (Å²) in [5, 5.41) is 0. The second kappa shape index (κ2) is 9.24. The van der Waals surface area contributed by atoms with Gasteiger partial charge in [0.15, 0.2) is 0 Å². The van der Waals surface area contributed by atoms with Crippen LogP contribution in [0.15, 0.2) is 65.5 Å². The number of thiophene rings is 1. The average Bonchev–Trinajstić information content (AvgIpc) is 3.26. The first-order chi connectivity index (χ1) is 15.7. The molecule has 0 bridgehead atoms. The molecule has 1 saturated heterocycles. The minimum atomic E-state index is -0.0579. The molecule has 32 heavy (non-hydrogen) atoms. The van der Waals surface area contributed by atoms with Crippen molar-refractivity contribution in [1.82, 2.24) is 19.8 Å². The van der Waals surface area contributed by atoms with Crippen molar-refractivity contribution in [3.8, 4) is 16.2 Å². The summed E-state index contributed by atoms with van der Waals surface area (Å²) in [5.74, 6) is 1.55. The van der Waals surface area contributed by atoms with Crippen LogP contribution in [0, 0.1) is 0 Å². The van der Waals surface area contributed by atoms with Crippen LogP contribution in [-0.4, -0.2) is 53.1 Å². The first kappa shape index (κ1) is 20.9. The van der Waals surface area contributed by atoms with Gasteiger partial charge in [-0.3, -0.25) is 14.6 Å². The summed E-state index contributed by atoms with van der Waals surface area (Å²) in [6.45, 7) is 5.62. The Hall–Kier alpha value is -3.00. The van der Waals surface area contributed by atoms with Gasteiger partial charge in [-0.25, -0.2) is 4.98 Å². The second-order valence-corrected chi connectivity index (χ2v) is 9.16. The number of aromatic amines is 1. The summed E-state index contributed by atoms with van der Waals surface area (Å²) < 4.78 is 5.91. The van der Waals surface area contributed by atoms with Gasteiger partial charge in [-0.2, -0.15) is 0 Å². The molecule has 0 unspecified atom stereocenters. The third kappa shape index (κ3) is 4.60. The van der Waals surface area contributed by atoms with E-state index in [0.717, 1.165) is 60.3 Å². The third-order valence-corrected chi connectivity index (χ3v) is 7.07. The van der Waals surface area contributed by atoms with Crippen molar-refractivity contribution < 1.29 is 4.74 Å². The molecule has 0 amide bonds. The molecule has 7 heteroatoms. The molecule has 1 aliphatic rings. The van der Waals surface area contributed by atoms with Crippen LogP contribution in [0.3, 0.4) is 0 Å². The molecule has 4 aromatic rings. The number of rotatable bonds is 6. The largest absolute Gasteiger partial charge is 0.497 e. The number of H-pyrrole nitrogens is 1. The van der Waals surface area contributed by atoms with Crippen LogP contribution in [0.1, 0.15) is 11.4 Å². The fourth-order valence-corrected chi connectivity index (χ4v) is 5.12. The van der Waals surface area contributed by atoms with Crippen LogP contribution in [0.4, 0.5) is 0 Å². The lowest BCUT2D eigenvalue weighted by Gasteiger charge is -2.34. The maximum atomic E-state index is 12.7. The molecule has 6 nitrogen and oxygen atoms in total. The zero-order valence-electron chi connectivity index (χ0n) is 18.1. The summed E-state index contributed by atoms with van der Waals surface area (Å²) in [5.41, 5.74) is 3.12. The lowest BCUT2D eigenvalue weighted by Crippen LogP contribution is -2.45. The number of fused-ring (bicyclic) bond motifs is 1. The predicted octanol–water partition coefficient (Wildman–Crippen LogP) is 3.98. The molecule has 2 aromatic carbocycles. The first-order valence-electron chi connectivity index (χ1n) is 10.8. The number of hydrogen-bond acceptors (Lipinski definition) is 6. The van der Waals surface area contributed by atoms with Gasteiger partial charge in [-0.1, -0.05) is 30.3 Å². The van der Waals surface area contributed by atoms with Crippen molar-refractivity contribution in [2.75, 3.05) is 33.3 Å².